The molecule has 0 unspecified atom stereocenters. The highest BCUT2D eigenvalue weighted by Gasteiger charge is 2.13. The third-order valence-electron chi connectivity index (χ3n) is 7.91. The molecule has 0 atom stereocenters. The van der Waals surface area contributed by atoms with Crippen LogP contribution in [0.15, 0.2) is 84.9 Å². The lowest BCUT2D eigenvalue weighted by molar-refractivity contribution is -0.141. The summed E-state index contributed by atoms with van der Waals surface area (Å²) in [6, 6.07) is 25.3. The van der Waals surface area contributed by atoms with Crippen molar-refractivity contribution in [1.29, 1.82) is 0 Å². The number of hydrogen-bond donors (Lipinski definition) is 4. The molecule has 4 rings (SSSR count). The Morgan fingerprint density at radius 2 is 1.00 bits per heavy atom. The molecule has 0 aromatic heterocycles. The van der Waals surface area contributed by atoms with Gasteiger partial charge in [0.05, 0.1) is 21.3 Å². The first-order chi connectivity index (χ1) is 24.8. The van der Waals surface area contributed by atoms with Gasteiger partial charge in [-0.05, 0) is 89.8 Å². The van der Waals surface area contributed by atoms with Gasteiger partial charge in [0, 0.05) is 32.1 Å². The van der Waals surface area contributed by atoms with Crippen molar-refractivity contribution in [2.24, 2.45) is 0 Å². The standard InChI is InChI=1S/C22H26O6.C10H12O3.C9H10O2/c1-14-10-16(6-9-21(25)28-3)12-18(22(14)26)13-17-11-15(4-7-19(17)23)5-8-20(24)27-2;1-13-10(12)7-4-8-2-5-9(11)6-3-8;10-9(11)7-6-8-4-2-1-3-5-8/h4,7,10-12,23,26H,5-6,8-9,13H2,1-3H3;2-3,5-6,11H,4,7H2,1H3;1-5H,6-7H2,(H,10,11). The van der Waals surface area contributed by atoms with Gasteiger partial charge in [0.25, 0.3) is 0 Å². The molecule has 11 heteroatoms. The summed E-state index contributed by atoms with van der Waals surface area (Å²) in [6.45, 7) is 1.80. The molecule has 0 amide bonds. The first-order valence-electron chi connectivity index (χ1n) is 16.7. The molecule has 0 fully saturated rings. The summed E-state index contributed by atoms with van der Waals surface area (Å²) in [5, 5.41) is 38.0. The summed E-state index contributed by atoms with van der Waals surface area (Å²) in [4.78, 5) is 43.7. The van der Waals surface area contributed by atoms with E-state index in [1.807, 2.05) is 48.5 Å². The third-order valence-corrected chi connectivity index (χ3v) is 7.91. The second kappa shape index (κ2) is 22.8. The fourth-order valence-electron chi connectivity index (χ4n) is 4.96. The Balaban J connectivity index is 0.000000320. The lowest BCUT2D eigenvalue weighted by Gasteiger charge is -2.13. The van der Waals surface area contributed by atoms with Crippen LogP contribution in [0.25, 0.3) is 0 Å². The van der Waals surface area contributed by atoms with Crippen molar-refractivity contribution in [3.63, 3.8) is 0 Å². The fraction of sp³-hybridized carbons (Fsp3) is 0.317. The second-order valence-corrected chi connectivity index (χ2v) is 11.8. The van der Waals surface area contributed by atoms with E-state index in [2.05, 4.69) is 14.2 Å². The molecule has 0 aliphatic carbocycles. The topological polar surface area (TPSA) is 177 Å². The number of hydrogen-bond acceptors (Lipinski definition) is 10. The largest absolute Gasteiger partial charge is 0.508 e. The van der Waals surface area contributed by atoms with Crippen LogP contribution in [0.4, 0.5) is 0 Å². The molecule has 0 radical (unpaired) electrons. The molecule has 0 saturated carbocycles. The minimum Gasteiger partial charge on any atom is -0.508 e. The van der Waals surface area contributed by atoms with Gasteiger partial charge >= 0.3 is 23.9 Å². The van der Waals surface area contributed by atoms with E-state index in [0.717, 1.165) is 22.3 Å². The maximum Gasteiger partial charge on any atom is 0.305 e. The summed E-state index contributed by atoms with van der Waals surface area (Å²) in [7, 11) is 4.08. The normalized spacial score (nSPS) is 10.1. The minimum absolute atomic E-state index is 0.124. The minimum atomic E-state index is -0.742. The van der Waals surface area contributed by atoms with Gasteiger partial charge in [-0.3, -0.25) is 19.2 Å². The zero-order chi connectivity index (χ0) is 38.5. The third kappa shape index (κ3) is 16.2. The van der Waals surface area contributed by atoms with E-state index in [4.69, 9.17) is 10.2 Å². The SMILES string of the molecule is COC(=O)CCc1ccc(O)c(Cc2cc(CCC(=O)OC)cc(C)c2O)c1.COC(=O)CCc1ccc(O)cc1.O=C(O)CCc1ccccc1. The molecule has 0 saturated heterocycles. The van der Waals surface area contributed by atoms with Crippen LogP contribution in [-0.2, 0) is 65.5 Å². The van der Waals surface area contributed by atoms with Crippen molar-refractivity contribution in [3.8, 4) is 17.2 Å². The number of carbonyl (C=O) groups excluding carboxylic acids is 3. The Labute approximate surface area is 304 Å². The number of esters is 3. The quantitative estimate of drug-likeness (QED) is 0.0838. The van der Waals surface area contributed by atoms with Gasteiger partial charge in [0.2, 0.25) is 0 Å². The van der Waals surface area contributed by atoms with Crippen LogP contribution in [0.5, 0.6) is 17.2 Å². The van der Waals surface area contributed by atoms with Crippen LogP contribution >= 0.6 is 0 Å². The molecule has 0 bridgehead atoms. The zero-order valence-corrected chi connectivity index (χ0v) is 30.1. The van der Waals surface area contributed by atoms with Crippen LogP contribution in [0, 0.1) is 6.92 Å². The van der Waals surface area contributed by atoms with Gasteiger partial charge in [0.1, 0.15) is 17.2 Å². The monoisotopic (exact) mass is 716 g/mol. The molecule has 0 heterocycles. The number of methoxy groups -OCH3 is 3. The van der Waals surface area contributed by atoms with Gasteiger partial charge < -0.3 is 34.6 Å². The van der Waals surface area contributed by atoms with E-state index in [1.54, 1.807) is 43.3 Å². The first kappa shape index (κ1) is 42.3. The Kier molecular flexibility index (Phi) is 18.6. The number of carbonyl (C=O) groups is 4. The van der Waals surface area contributed by atoms with Crippen molar-refractivity contribution in [2.75, 3.05) is 21.3 Å². The number of phenolic OH excluding ortho intramolecular Hbond substituents is 3. The highest BCUT2D eigenvalue weighted by atomic mass is 16.5. The van der Waals surface area contributed by atoms with E-state index >= 15 is 0 Å². The average Bonchev–Trinajstić information content (AvgIpc) is 3.15. The molecule has 4 aromatic carbocycles. The van der Waals surface area contributed by atoms with Crippen molar-refractivity contribution in [3.05, 3.63) is 124 Å². The van der Waals surface area contributed by atoms with Crippen LogP contribution in [0.3, 0.4) is 0 Å². The molecule has 0 spiro atoms. The molecule has 278 valence electrons. The summed E-state index contributed by atoms with van der Waals surface area (Å²) in [5.41, 5.74) is 5.94. The van der Waals surface area contributed by atoms with Gasteiger partial charge in [-0.2, -0.15) is 0 Å². The predicted octanol–water partition coefficient (Wildman–Crippen LogP) is 6.41. The van der Waals surface area contributed by atoms with Crippen molar-refractivity contribution >= 4 is 23.9 Å². The smallest absolute Gasteiger partial charge is 0.305 e. The maximum absolute atomic E-state index is 11.4. The van der Waals surface area contributed by atoms with Gasteiger partial charge in [-0.25, -0.2) is 0 Å². The summed E-state index contributed by atoms with van der Waals surface area (Å²) < 4.78 is 13.8. The van der Waals surface area contributed by atoms with Gasteiger partial charge in [-0.1, -0.05) is 66.7 Å². The number of carboxylic acids is 1. The summed E-state index contributed by atoms with van der Waals surface area (Å²) in [6.07, 6.45) is 3.71. The number of rotatable bonds is 14. The van der Waals surface area contributed by atoms with Crippen LogP contribution < -0.4 is 0 Å². The van der Waals surface area contributed by atoms with E-state index < -0.39 is 5.97 Å². The molecule has 52 heavy (non-hydrogen) atoms. The molecule has 0 aliphatic heterocycles. The molecule has 4 N–H and O–H groups in total. The molecule has 0 aliphatic rings. The van der Waals surface area contributed by atoms with E-state index in [9.17, 15) is 29.4 Å². The Hall–Kier alpha value is -5.84. The lowest BCUT2D eigenvalue weighted by atomic mass is 9.95. The highest BCUT2D eigenvalue weighted by Crippen LogP contribution is 2.30. The molecule has 11 nitrogen and oxygen atoms in total. The Morgan fingerprint density at radius 3 is 1.54 bits per heavy atom. The van der Waals surface area contributed by atoms with Gasteiger partial charge in [-0.15, -0.1) is 0 Å². The van der Waals surface area contributed by atoms with Crippen LogP contribution in [0.1, 0.15) is 64.6 Å². The molecular weight excluding hydrogens is 668 g/mol. The second-order valence-electron chi connectivity index (χ2n) is 11.8. The Morgan fingerprint density at radius 1 is 0.538 bits per heavy atom. The number of aromatic hydroxyl groups is 3. The van der Waals surface area contributed by atoms with Crippen LogP contribution in [-0.4, -0.2) is 65.6 Å². The summed E-state index contributed by atoms with van der Waals surface area (Å²) >= 11 is 0. The summed E-state index contributed by atoms with van der Waals surface area (Å²) in [5.74, 6) is -1.01. The predicted molar refractivity (Wildman–Crippen MR) is 195 cm³/mol. The fourth-order valence-corrected chi connectivity index (χ4v) is 4.96. The number of aliphatic carboxylic acids is 1. The van der Waals surface area contributed by atoms with E-state index in [1.165, 1.54) is 21.3 Å². The van der Waals surface area contributed by atoms with Crippen molar-refractivity contribution in [2.45, 2.75) is 64.7 Å². The first-order valence-corrected chi connectivity index (χ1v) is 16.7. The number of benzene rings is 4. The zero-order valence-electron chi connectivity index (χ0n) is 30.1. The number of carboxylic acid groups (broad SMARTS) is 1. The average molecular weight is 717 g/mol. The van der Waals surface area contributed by atoms with Crippen molar-refractivity contribution in [1.82, 2.24) is 0 Å². The van der Waals surface area contributed by atoms with Crippen molar-refractivity contribution < 1.29 is 53.8 Å². The maximum atomic E-state index is 11.4. The number of ether oxygens (including phenoxy) is 3. The highest BCUT2D eigenvalue weighted by molar-refractivity contribution is 5.70. The molecule has 4 aromatic rings. The van der Waals surface area contributed by atoms with E-state index in [0.29, 0.717) is 55.2 Å². The Bertz CT molecular complexity index is 1730. The lowest BCUT2D eigenvalue weighted by Crippen LogP contribution is -2.03. The van der Waals surface area contributed by atoms with Crippen LogP contribution in [0.2, 0.25) is 0 Å². The number of aryl methyl sites for hydroxylation is 5. The van der Waals surface area contributed by atoms with E-state index in [-0.39, 0.29) is 54.4 Å². The number of phenols is 3. The van der Waals surface area contributed by atoms with Gasteiger partial charge in [0.15, 0.2) is 0 Å². The molecular formula is C41H48O11.